The number of benzene rings is 3. The summed E-state index contributed by atoms with van der Waals surface area (Å²) in [5, 5.41) is 53.8. The average Bonchev–Trinajstić information content (AvgIpc) is 3.37. The van der Waals surface area contributed by atoms with Gasteiger partial charge in [0.05, 0.1) is 53.0 Å². The fraction of sp³-hybridized carbons (Fsp3) is 0.655. The summed E-state index contributed by atoms with van der Waals surface area (Å²) in [6.07, 6.45) is -7.04. The number of carbonyl (C=O) groups excluding carboxylic acids is 1. The highest BCUT2D eigenvalue weighted by Crippen LogP contribution is 2.45. The molecule has 14 heteroatoms. The molecule has 0 bridgehead atoms. The van der Waals surface area contributed by atoms with Crippen LogP contribution in [0.15, 0.2) is 96.2 Å². The lowest BCUT2D eigenvalue weighted by atomic mass is 9.69. The van der Waals surface area contributed by atoms with Gasteiger partial charge in [0, 0.05) is 73.5 Å². The predicted octanol–water partition coefficient (Wildman–Crippen LogP) is 7.90. The van der Waals surface area contributed by atoms with Crippen molar-refractivity contribution in [3.05, 3.63) is 108 Å². The lowest BCUT2D eigenvalue weighted by Crippen LogP contribution is -2.61. The van der Waals surface area contributed by atoms with Crippen molar-refractivity contribution >= 4 is 11.5 Å². The lowest BCUT2D eigenvalue weighted by molar-refractivity contribution is -0.318. The van der Waals surface area contributed by atoms with Crippen LogP contribution in [-0.2, 0) is 43.7 Å². The Kier molecular flexibility index (Phi) is 19.1. The summed E-state index contributed by atoms with van der Waals surface area (Å²) in [6, 6.07) is 29.4. The number of rotatable bonds is 13. The highest BCUT2D eigenvalue weighted by Gasteiger charge is 2.54. The van der Waals surface area contributed by atoms with Crippen molar-refractivity contribution in [2.45, 2.75) is 185 Å². The van der Waals surface area contributed by atoms with Crippen molar-refractivity contribution in [3.63, 3.8) is 0 Å². The molecule has 3 aromatic rings. The lowest BCUT2D eigenvalue weighted by Gasteiger charge is -2.50. The van der Waals surface area contributed by atoms with E-state index in [9.17, 15) is 20.4 Å². The van der Waals surface area contributed by atoms with E-state index in [2.05, 4.69) is 0 Å². The molecule has 0 aromatic heterocycles. The molecule has 18 atom stereocenters. The van der Waals surface area contributed by atoms with Crippen molar-refractivity contribution < 1.29 is 58.5 Å². The van der Waals surface area contributed by atoms with E-state index in [0.29, 0.717) is 18.6 Å². The Morgan fingerprint density at radius 1 is 0.736 bits per heavy atom. The van der Waals surface area contributed by atoms with Crippen molar-refractivity contribution in [1.29, 1.82) is 0 Å². The number of oxime groups is 1. The quantitative estimate of drug-likeness (QED) is 0.0961. The van der Waals surface area contributed by atoms with Crippen LogP contribution in [0.4, 0.5) is 0 Å². The second-order valence-electron chi connectivity index (χ2n) is 22.1. The Labute approximate surface area is 429 Å². The molecule has 1 aliphatic carbocycles. The van der Waals surface area contributed by atoms with Crippen LogP contribution in [0.25, 0.3) is 0 Å². The van der Waals surface area contributed by atoms with Crippen LogP contribution in [0, 0.1) is 29.6 Å². The van der Waals surface area contributed by atoms with E-state index in [4.69, 9.17) is 38.4 Å². The number of hydrogen-bond acceptors (Lipinski definition) is 14. The minimum Gasteiger partial charge on any atom is -0.389 e. The molecule has 0 spiro atoms. The molecule has 3 aromatic carbocycles. The summed E-state index contributed by atoms with van der Waals surface area (Å²) in [4.78, 5) is 24.2. The molecule has 2 aliphatic heterocycles. The minimum absolute atomic E-state index is 0.0886. The molecular weight excluding hydrogens is 917 g/mol. The van der Waals surface area contributed by atoms with Gasteiger partial charge in [-0.25, -0.2) is 0 Å². The first kappa shape index (κ1) is 57.6. The average molecular weight is 1000 g/mol. The normalized spacial score (nSPS) is 39.4. The summed E-state index contributed by atoms with van der Waals surface area (Å²) < 4.78 is 39.6. The molecule has 14 nitrogen and oxygen atoms in total. The molecule has 0 radical (unpaired) electrons. The number of carbonyl (C=O) groups is 1. The molecule has 400 valence electrons. The fourth-order valence-corrected chi connectivity index (χ4v) is 12.0. The number of likely N-dealkylation sites (N-methyl/N-ethyl adjacent to an activating group) is 1. The largest absolute Gasteiger partial charge is 0.389 e. The summed E-state index contributed by atoms with van der Waals surface area (Å²) >= 11 is 0. The predicted molar refractivity (Wildman–Crippen MR) is 277 cm³/mol. The number of ketones is 1. The van der Waals surface area contributed by atoms with E-state index in [1.165, 1.54) is 0 Å². The SMILES string of the molecule is CC[C@H]1CC(=O)[C@H](C)[C@@H](O[C@H]2C[C@@](C)(OC)[C@@H](O)[C@H](C)O2)[C@H](C)[C@@H](O[C@@H]2O[C@H](C)C[C@H](N(C)C)[C@H]2O)[C@](C)(OC)C[C@@H](C)/C(=N\OC(c2ccccc2)(c2ccccc2)c2ccccc2)[C@H](C)[C@@H](O)[C@]1(C)O. The van der Waals surface area contributed by atoms with Crippen LogP contribution >= 0.6 is 0 Å². The van der Waals surface area contributed by atoms with E-state index in [-0.39, 0.29) is 37.2 Å². The Morgan fingerprint density at radius 2 is 1.26 bits per heavy atom. The maximum absolute atomic E-state index is 15.0. The Hall–Kier alpha value is -3.64. The molecule has 3 fully saturated rings. The molecule has 1 saturated carbocycles. The molecule has 6 rings (SSSR count). The third-order valence-electron chi connectivity index (χ3n) is 16.8. The van der Waals surface area contributed by atoms with E-state index < -0.39 is 101 Å². The number of aliphatic hydroxyl groups is 4. The highest BCUT2D eigenvalue weighted by atomic mass is 16.7. The molecule has 3 aliphatic rings. The molecule has 2 heterocycles. The number of hydrogen-bond donors (Lipinski definition) is 4. The Balaban J connectivity index is 1.56. The Morgan fingerprint density at radius 3 is 1.75 bits per heavy atom. The Bertz CT molecular complexity index is 2100. The summed E-state index contributed by atoms with van der Waals surface area (Å²) in [6.45, 7) is 18.6. The number of Topliss-reactive ketones (excluding diaryl/α,β-unsaturated/α-hetero) is 1. The van der Waals surface area contributed by atoms with Gasteiger partial charge in [0.15, 0.2) is 12.6 Å². The molecule has 2 saturated heterocycles. The van der Waals surface area contributed by atoms with Crippen molar-refractivity contribution in [2.24, 2.45) is 34.7 Å². The van der Waals surface area contributed by atoms with E-state index in [0.717, 1.165) is 16.7 Å². The van der Waals surface area contributed by atoms with Crippen LogP contribution in [0.3, 0.4) is 0 Å². The van der Waals surface area contributed by atoms with E-state index in [1.807, 2.05) is 165 Å². The zero-order chi connectivity index (χ0) is 52.9. The number of ether oxygens (including phenoxy) is 6. The van der Waals surface area contributed by atoms with Crippen LogP contribution in [0.5, 0.6) is 0 Å². The van der Waals surface area contributed by atoms with E-state index in [1.54, 1.807) is 28.1 Å². The first-order valence-electron chi connectivity index (χ1n) is 26.1. The van der Waals surface area contributed by atoms with Gasteiger partial charge in [0.1, 0.15) is 18.0 Å². The topological polar surface area (TPSA) is 178 Å². The maximum atomic E-state index is 15.0. The fourth-order valence-electron chi connectivity index (χ4n) is 12.0. The summed E-state index contributed by atoms with van der Waals surface area (Å²) in [5.41, 5.74) is -2.42. The van der Waals surface area contributed by atoms with Crippen molar-refractivity contribution in [2.75, 3.05) is 28.3 Å². The van der Waals surface area contributed by atoms with Crippen LogP contribution < -0.4 is 0 Å². The van der Waals surface area contributed by atoms with Gasteiger partial charge in [-0.15, -0.1) is 0 Å². The third-order valence-corrected chi connectivity index (χ3v) is 16.8. The standard InChI is InChI=1S/C58H86N2O12/c1-15-41-32-46(61)37(4)50(70-47-34-55(8,66-13)52(64)40(7)69-47)39(6)53(71-54-49(62)45(60(11)12)31-36(3)68-54)56(9,67-14)33-35(2)48(38(5)51(63)57(41,10)65)59-72-58(42-25-19-16-20-26-42,43-27-21-17-22-28-43)44-29-23-18-24-30-44/h16-30,35-41,45,47,49-54,62-65H,15,31-34H2,1-14H3/b59-48+/t35-,36-,37+,38+,39+,40+,41+,45+,47+,49-,50-,51-,52+,53-,54+,55-,56-,57-/m1/s1. The summed E-state index contributed by atoms with van der Waals surface area (Å²) in [5.74, 6) is -3.74. The monoisotopic (exact) mass is 1000 g/mol. The zero-order valence-electron chi connectivity index (χ0n) is 45.3. The van der Waals surface area contributed by atoms with Crippen LogP contribution in [0.2, 0.25) is 0 Å². The van der Waals surface area contributed by atoms with Crippen LogP contribution in [0.1, 0.15) is 118 Å². The van der Waals surface area contributed by atoms with E-state index >= 15 is 4.79 Å². The van der Waals surface area contributed by atoms with Crippen molar-refractivity contribution in [1.82, 2.24) is 4.90 Å². The molecule has 4 N–H and O–H groups in total. The number of nitrogens with zero attached hydrogens (tertiary/aromatic N) is 2. The van der Waals surface area contributed by atoms with Gasteiger partial charge in [0.25, 0.3) is 0 Å². The van der Waals surface area contributed by atoms with Gasteiger partial charge in [-0.1, -0.05) is 137 Å². The molecule has 0 amide bonds. The van der Waals surface area contributed by atoms with Crippen LogP contribution in [-0.4, -0.2) is 143 Å². The van der Waals surface area contributed by atoms with Gasteiger partial charge in [-0.2, -0.15) is 0 Å². The molecule has 72 heavy (non-hydrogen) atoms. The van der Waals surface area contributed by atoms with Gasteiger partial charge in [-0.3, -0.25) is 4.79 Å². The van der Waals surface area contributed by atoms with Gasteiger partial charge in [0.2, 0.25) is 5.60 Å². The first-order chi connectivity index (χ1) is 34.0. The first-order valence-corrected chi connectivity index (χ1v) is 26.1. The second kappa shape index (κ2) is 23.9. The summed E-state index contributed by atoms with van der Waals surface area (Å²) in [7, 11) is 6.99. The number of methoxy groups -OCH3 is 2. The van der Waals surface area contributed by atoms with Gasteiger partial charge >= 0.3 is 0 Å². The zero-order valence-corrected chi connectivity index (χ0v) is 45.3. The minimum atomic E-state index is -1.78. The maximum Gasteiger partial charge on any atom is 0.212 e. The van der Waals surface area contributed by atoms with Gasteiger partial charge in [-0.05, 0) is 67.5 Å². The van der Waals surface area contributed by atoms with Gasteiger partial charge < -0.3 is 58.6 Å². The van der Waals surface area contributed by atoms with Crippen molar-refractivity contribution in [3.8, 4) is 0 Å². The highest BCUT2D eigenvalue weighted by molar-refractivity contribution is 5.89. The number of aliphatic hydroxyl groups excluding tert-OH is 3. The molecular formula is C58H86N2O12. The smallest absolute Gasteiger partial charge is 0.212 e. The molecule has 0 unspecified atom stereocenters. The third kappa shape index (κ3) is 11.9. The second-order valence-corrected chi connectivity index (χ2v) is 22.1.